The highest BCUT2D eigenvalue weighted by molar-refractivity contribution is 6.21. The number of nitrogens with two attached hydrogens (primary N) is 1. The van der Waals surface area contributed by atoms with Crippen LogP contribution in [0.2, 0.25) is 0 Å². The lowest BCUT2D eigenvalue weighted by Gasteiger charge is -2.41. The quantitative estimate of drug-likeness (QED) is 0.330. The third-order valence-corrected chi connectivity index (χ3v) is 6.91. The number of amides is 1. The summed E-state index contributed by atoms with van der Waals surface area (Å²) >= 11 is 6.24. The molecule has 28 heavy (non-hydrogen) atoms. The predicted octanol–water partition coefficient (Wildman–Crippen LogP) is -2.27. The number of rotatable bonds is 3. The maximum atomic E-state index is 13.2. The van der Waals surface area contributed by atoms with Gasteiger partial charge in [0.15, 0.2) is 0 Å². The predicted molar refractivity (Wildman–Crippen MR) is 110 cm³/mol. The van der Waals surface area contributed by atoms with Gasteiger partial charge < -0.3 is 21.3 Å². The van der Waals surface area contributed by atoms with Gasteiger partial charge in [0.2, 0.25) is 5.91 Å². The lowest BCUT2D eigenvalue weighted by molar-refractivity contribution is -0.128. The number of nitrogens with zero attached hydrogens (tertiary/aromatic N) is 3. The van der Waals surface area contributed by atoms with E-state index >= 15 is 0 Å². The summed E-state index contributed by atoms with van der Waals surface area (Å²) in [7, 11) is 2.19. The van der Waals surface area contributed by atoms with Crippen LogP contribution in [-0.2, 0) is 4.79 Å². The smallest absolute Gasteiger partial charge is 0.229 e. The van der Waals surface area contributed by atoms with Gasteiger partial charge in [-0.25, -0.2) is 10.4 Å². The lowest BCUT2D eigenvalue weighted by atomic mass is 9.96. The average Bonchev–Trinajstić information content (AvgIpc) is 2.83. The molecular formula is C18H35ClN8O. The van der Waals surface area contributed by atoms with Crippen LogP contribution in [0.25, 0.3) is 0 Å². The highest BCUT2D eigenvalue weighted by Gasteiger charge is 2.47. The Bertz CT molecular complexity index is 554. The number of alkyl halides is 1. The zero-order chi connectivity index (χ0) is 19.7. The molecule has 1 amide bonds. The molecule has 6 atom stereocenters. The SMILES string of the molecule is CN1CCCN(C2CCNCC2NC(=O)C2C(N)NN3CC(Cl)CNC23)CC1. The minimum Gasteiger partial charge on any atom is -0.350 e. The van der Waals surface area contributed by atoms with E-state index in [-0.39, 0.29) is 29.4 Å². The number of hydrogen-bond donors (Lipinski definition) is 5. The van der Waals surface area contributed by atoms with Crippen molar-refractivity contribution in [3.8, 4) is 0 Å². The molecule has 0 saturated carbocycles. The van der Waals surface area contributed by atoms with E-state index in [2.05, 4.69) is 38.2 Å². The van der Waals surface area contributed by atoms with Gasteiger partial charge in [-0.05, 0) is 39.5 Å². The summed E-state index contributed by atoms with van der Waals surface area (Å²) in [6, 6.07) is 0.486. The highest BCUT2D eigenvalue weighted by atomic mass is 35.5. The second-order valence-electron chi connectivity index (χ2n) is 8.65. The van der Waals surface area contributed by atoms with Crippen molar-refractivity contribution in [2.24, 2.45) is 11.7 Å². The van der Waals surface area contributed by atoms with Crippen LogP contribution in [0.5, 0.6) is 0 Å². The molecule has 4 heterocycles. The first-order valence-corrected chi connectivity index (χ1v) is 11.1. The number of fused-ring (bicyclic) bond motifs is 1. The second kappa shape index (κ2) is 9.09. The molecule has 0 aliphatic carbocycles. The number of carbonyl (C=O) groups excluding carboxylic acids is 1. The van der Waals surface area contributed by atoms with Crippen molar-refractivity contribution in [3.05, 3.63) is 0 Å². The Balaban J connectivity index is 1.40. The van der Waals surface area contributed by atoms with Gasteiger partial charge in [-0.1, -0.05) is 0 Å². The Morgan fingerprint density at radius 1 is 1.21 bits per heavy atom. The van der Waals surface area contributed by atoms with E-state index in [1.165, 1.54) is 6.42 Å². The molecule has 0 aromatic rings. The van der Waals surface area contributed by atoms with E-state index in [0.29, 0.717) is 19.1 Å². The van der Waals surface area contributed by atoms with Gasteiger partial charge in [-0.15, -0.1) is 11.6 Å². The molecule has 4 rings (SSSR count). The van der Waals surface area contributed by atoms with Gasteiger partial charge in [-0.3, -0.25) is 15.0 Å². The van der Waals surface area contributed by atoms with Crippen molar-refractivity contribution in [1.82, 2.24) is 36.2 Å². The fraction of sp³-hybridized carbons (Fsp3) is 0.944. The largest absolute Gasteiger partial charge is 0.350 e. The normalized spacial score (nSPS) is 41.4. The summed E-state index contributed by atoms with van der Waals surface area (Å²) < 4.78 is 0. The lowest BCUT2D eigenvalue weighted by Crippen LogP contribution is -2.63. The van der Waals surface area contributed by atoms with Gasteiger partial charge in [0, 0.05) is 38.8 Å². The molecule has 0 aromatic heterocycles. The Morgan fingerprint density at radius 3 is 2.93 bits per heavy atom. The number of carbonyl (C=O) groups is 1. The van der Waals surface area contributed by atoms with Crippen LogP contribution in [0.4, 0.5) is 0 Å². The van der Waals surface area contributed by atoms with Crippen LogP contribution in [-0.4, -0.2) is 110 Å². The number of nitrogens with one attached hydrogen (secondary N) is 4. The summed E-state index contributed by atoms with van der Waals surface area (Å²) in [4.78, 5) is 18.2. The zero-order valence-corrected chi connectivity index (χ0v) is 17.5. The fourth-order valence-corrected chi connectivity index (χ4v) is 5.32. The molecular weight excluding hydrogens is 380 g/mol. The van der Waals surface area contributed by atoms with E-state index < -0.39 is 6.17 Å². The number of halogens is 1. The monoisotopic (exact) mass is 414 g/mol. The topological polar surface area (TPSA) is 101 Å². The van der Waals surface area contributed by atoms with Crippen LogP contribution in [0.1, 0.15) is 12.8 Å². The molecule has 10 heteroatoms. The Morgan fingerprint density at radius 2 is 2.07 bits per heavy atom. The molecule has 6 N–H and O–H groups in total. The molecule has 4 aliphatic rings. The summed E-state index contributed by atoms with van der Waals surface area (Å²) in [5.41, 5.74) is 9.49. The number of hydrogen-bond acceptors (Lipinski definition) is 8. The maximum Gasteiger partial charge on any atom is 0.229 e. The third-order valence-electron chi connectivity index (χ3n) is 6.62. The second-order valence-corrected chi connectivity index (χ2v) is 9.27. The van der Waals surface area contributed by atoms with Gasteiger partial charge in [0.05, 0.1) is 29.7 Å². The Hall–Kier alpha value is -0.520. The van der Waals surface area contributed by atoms with Gasteiger partial charge >= 0.3 is 0 Å². The number of hydrazine groups is 1. The van der Waals surface area contributed by atoms with Crippen molar-refractivity contribution in [3.63, 3.8) is 0 Å². The first kappa shape index (κ1) is 20.7. The van der Waals surface area contributed by atoms with Crippen LogP contribution in [0, 0.1) is 5.92 Å². The number of likely N-dealkylation sites (N-methyl/N-ethyl adjacent to an activating group) is 1. The number of piperidine rings is 1. The summed E-state index contributed by atoms with van der Waals surface area (Å²) in [5, 5.41) is 12.2. The van der Waals surface area contributed by atoms with Gasteiger partial charge in [0.1, 0.15) is 0 Å². The molecule has 0 spiro atoms. The van der Waals surface area contributed by atoms with E-state index in [9.17, 15) is 4.79 Å². The van der Waals surface area contributed by atoms with Crippen LogP contribution >= 0.6 is 11.6 Å². The molecule has 6 unspecified atom stereocenters. The Kier molecular flexibility index (Phi) is 6.74. The van der Waals surface area contributed by atoms with E-state index in [1.807, 2.05) is 5.01 Å². The van der Waals surface area contributed by atoms with Crippen molar-refractivity contribution in [1.29, 1.82) is 0 Å². The molecule has 0 radical (unpaired) electrons. The molecule has 4 fully saturated rings. The van der Waals surface area contributed by atoms with Crippen LogP contribution in [0.15, 0.2) is 0 Å². The molecule has 0 bridgehead atoms. The molecule has 4 saturated heterocycles. The molecule has 4 aliphatic heterocycles. The summed E-state index contributed by atoms with van der Waals surface area (Å²) in [6.45, 7) is 7.58. The average molecular weight is 415 g/mol. The van der Waals surface area contributed by atoms with Gasteiger partial charge in [0.25, 0.3) is 0 Å². The van der Waals surface area contributed by atoms with E-state index in [4.69, 9.17) is 17.3 Å². The minimum atomic E-state index is -0.402. The minimum absolute atomic E-state index is 0.0193. The van der Waals surface area contributed by atoms with Crippen molar-refractivity contribution in [2.75, 3.05) is 59.4 Å². The molecule has 160 valence electrons. The first-order chi connectivity index (χ1) is 13.5. The zero-order valence-electron chi connectivity index (χ0n) is 16.7. The Labute approximate surface area is 172 Å². The van der Waals surface area contributed by atoms with Gasteiger partial charge in [-0.2, -0.15) is 0 Å². The van der Waals surface area contributed by atoms with Crippen molar-refractivity contribution in [2.45, 2.75) is 42.6 Å². The summed E-state index contributed by atoms with van der Waals surface area (Å²) in [6.07, 6.45) is 1.73. The van der Waals surface area contributed by atoms with Crippen molar-refractivity contribution < 1.29 is 4.79 Å². The fourth-order valence-electron chi connectivity index (χ4n) is 5.08. The standard InChI is InChI=1S/C18H35ClN8O/c1-25-5-2-6-26(8-7-25)14-3-4-21-10-13(14)23-18(28)15-16(20)24-27-11-12(19)9-22-17(15)27/h12-17,21-22,24H,2-11,20H2,1H3,(H,23,28). The molecule has 0 aromatic carbocycles. The van der Waals surface area contributed by atoms with E-state index in [1.54, 1.807) is 0 Å². The molecule has 9 nitrogen and oxygen atoms in total. The van der Waals surface area contributed by atoms with E-state index in [0.717, 1.165) is 45.7 Å². The highest BCUT2D eigenvalue weighted by Crippen LogP contribution is 2.23. The van der Waals surface area contributed by atoms with Crippen LogP contribution < -0.4 is 27.1 Å². The summed E-state index contributed by atoms with van der Waals surface area (Å²) in [5.74, 6) is -0.305. The van der Waals surface area contributed by atoms with Crippen molar-refractivity contribution >= 4 is 17.5 Å². The first-order valence-electron chi connectivity index (χ1n) is 10.6. The maximum absolute atomic E-state index is 13.2. The van der Waals surface area contributed by atoms with Crippen LogP contribution in [0.3, 0.4) is 0 Å². The third kappa shape index (κ3) is 4.46.